The molecule has 0 bridgehead atoms. The summed E-state index contributed by atoms with van der Waals surface area (Å²) in [4.78, 5) is 0. The van der Waals surface area contributed by atoms with E-state index in [0.717, 1.165) is 44.5 Å². The molecule has 1 aromatic carbocycles. The van der Waals surface area contributed by atoms with Crippen LogP contribution in [-0.2, 0) is 9.47 Å². The maximum absolute atomic E-state index is 10.7. The minimum atomic E-state index is -0.507. The number of hydrogen-bond donors (Lipinski definition) is 1. The molecule has 1 spiro atoms. The molecular formula is C16H21ClO3. The third-order valence-electron chi connectivity index (χ3n) is 4.61. The minimum absolute atomic E-state index is 0.0938. The predicted octanol–water partition coefficient (Wildman–Crippen LogP) is 3.35. The van der Waals surface area contributed by atoms with Crippen molar-refractivity contribution in [1.82, 2.24) is 0 Å². The number of aliphatic hydroxyl groups excluding tert-OH is 1. The Labute approximate surface area is 124 Å². The molecule has 1 aromatic rings. The second-order valence-corrected chi connectivity index (χ2v) is 6.27. The molecule has 2 saturated heterocycles. The van der Waals surface area contributed by atoms with Crippen LogP contribution in [0.25, 0.3) is 0 Å². The van der Waals surface area contributed by atoms with Crippen LogP contribution in [0.5, 0.6) is 0 Å². The van der Waals surface area contributed by atoms with Gasteiger partial charge < -0.3 is 14.6 Å². The van der Waals surface area contributed by atoms with Gasteiger partial charge >= 0.3 is 0 Å². The summed E-state index contributed by atoms with van der Waals surface area (Å²) in [5.41, 5.74) is 0.743. The van der Waals surface area contributed by atoms with Crippen molar-refractivity contribution in [3.8, 4) is 0 Å². The lowest BCUT2D eigenvalue weighted by Crippen LogP contribution is -2.45. The molecule has 0 amide bonds. The fourth-order valence-electron chi connectivity index (χ4n) is 3.40. The second-order valence-electron chi connectivity index (χ2n) is 5.86. The first-order valence-corrected chi connectivity index (χ1v) is 7.72. The van der Waals surface area contributed by atoms with Crippen molar-refractivity contribution >= 4 is 11.6 Å². The Hall–Kier alpha value is -0.610. The van der Waals surface area contributed by atoms with Gasteiger partial charge in [-0.25, -0.2) is 0 Å². The average molecular weight is 297 g/mol. The fourth-order valence-corrected chi connectivity index (χ4v) is 3.64. The van der Waals surface area contributed by atoms with Gasteiger partial charge in [-0.05, 0) is 43.2 Å². The van der Waals surface area contributed by atoms with Crippen molar-refractivity contribution in [2.24, 2.45) is 5.92 Å². The SMILES string of the molecule is OC(c1ccccc1Cl)C1CCOC2(CCOCC2)C1. The lowest BCUT2D eigenvalue weighted by Gasteiger charge is -2.44. The van der Waals surface area contributed by atoms with E-state index in [9.17, 15) is 5.11 Å². The van der Waals surface area contributed by atoms with E-state index in [1.54, 1.807) is 0 Å². The third-order valence-corrected chi connectivity index (χ3v) is 4.95. The number of ether oxygens (including phenoxy) is 2. The molecule has 2 unspecified atom stereocenters. The Balaban J connectivity index is 1.75. The average Bonchev–Trinajstić information content (AvgIpc) is 2.48. The highest BCUT2D eigenvalue weighted by Gasteiger charge is 2.41. The lowest BCUT2D eigenvalue weighted by atomic mass is 9.77. The molecule has 20 heavy (non-hydrogen) atoms. The predicted molar refractivity (Wildman–Crippen MR) is 77.9 cm³/mol. The number of halogens is 1. The number of hydrogen-bond acceptors (Lipinski definition) is 3. The Morgan fingerprint density at radius 2 is 1.95 bits per heavy atom. The minimum Gasteiger partial charge on any atom is -0.388 e. The molecule has 3 nitrogen and oxygen atoms in total. The van der Waals surface area contributed by atoms with E-state index >= 15 is 0 Å². The van der Waals surface area contributed by atoms with Gasteiger partial charge in [0.25, 0.3) is 0 Å². The molecule has 2 atom stereocenters. The maximum Gasteiger partial charge on any atom is 0.0834 e. The monoisotopic (exact) mass is 296 g/mol. The van der Waals surface area contributed by atoms with Crippen LogP contribution in [0, 0.1) is 5.92 Å². The molecule has 0 saturated carbocycles. The number of rotatable bonds is 2. The zero-order chi connectivity index (χ0) is 14.0. The van der Waals surface area contributed by atoms with Gasteiger partial charge in [0, 0.05) is 24.8 Å². The van der Waals surface area contributed by atoms with Crippen molar-refractivity contribution in [2.75, 3.05) is 19.8 Å². The van der Waals surface area contributed by atoms with Gasteiger partial charge in [0.1, 0.15) is 0 Å². The van der Waals surface area contributed by atoms with E-state index in [1.807, 2.05) is 24.3 Å². The summed E-state index contributed by atoms with van der Waals surface area (Å²) in [5, 5.41) is 11.3. The standard InChI is InChI=1S/C16H21ClO3/c17-14-4-2-1-3-13(14)15(18)12-5-8-20-16(11-12)6-9-19-10-7-16/h1-4,12,15,18H,5-11H2. The Bertz CT molecular complexity index is 451. The molecule has 2 heterocycles. The van der Waals surface area contributed by atoms with E-state index in [2.05, 4.69) is 0 Å². The van der Waals surface area contributed by atoms with Crippen molar-refractivity contribution in [1.29, 1.82) is 0 Å². The van der Waals surface area contributed by atoms with E-state index < -0.39 is 6.10 Å². The van der Waals surface area contributed by atoms with Crippen molar-refractivity contribution in [3.63, 3.8) is 0 Å². The van der Waals surface area contributed by atoms with Crippen LogP contribution in [0.4, 0.5) is 0 Å². The smallest absolute Gasteiger partial charge is 0.0834 e. The number of aliphatic hydroxyl groups is 1. The van der Waals surface area contributed by atoms with Crippen molar-refractivity contribution < 1.29 is 14.6 Å². The van der Waals surface area contributed by atoms with Crippen LogP contribution < -0.4 is 0 Å². The van der Waals surface area contributed by atoms with Crippen molar-refractivity contribution in [3.05, 3.63) is 34.9 Å². The second kappa shape index (κ2) is 6.02. The first kappa shape index (κ1) is 14.3. The first-order chi connectivity index (χ1) is 9.70. The van der Waals surface area contributed by atoms with Crippen LogP contribution in [-0.4, -0.2) is 30.5 Å². The Morgan fingerprint density at radius 1 is 1.20 bits per heavy atom. The molecule has 2 fully saturated rings. The normalized spacial score (nSPS) is 27.4. The molecular weight excluding hydrogens is 276 g/mol. The molecule has 1 N–H and O–H groups in total. The summed E-state index contributed by atoms with van der Waals surface area (Å²) in [6, 6.07) is 7.57. The highest BCUT2D eigenvalue weighted by molar-refractivity contribution is 6.31. The first-order valence-electron chi connectivity index (χ1n) is 7.34. The highest BCUT2D eigenvalue weighted by atomic mass is 35.5. The summed E-state index contributed by atoms with van der Waals surface area (Å²) in [6.45, 7) is 2.23. The molecule has 2 aliphatic rings. The summed E-state index contributed by atoms with van der Waals surface area (Å²) < 4.78 is 11.5. The maximum atomic E-state index is 10.7. The zero-order valence-electron chi connectivity index (χ0n) is 11.6. The van der Waals surface area contributed by atoms with E-state index in [1.165, 1.54) is 0 Å². The van der Waals surface area contributed by atoms with Gasteiger partial charge in [-0.1, -0.05) is 29.8 Å². The van der Waals surface area contributed by atoms with Crippen LogP contribution in [0.15, 0.2) is 24.3 Å². The summed E-state index contributed by atoms with van der Waals surface area (Å²) in [5.74, 6) is 0.210. The van der Waals surface area contributed by atoms with Gasteiger partial charge in [0.15, 0.2) is 0 Å². The van der Waals surface area contributed by atoms with E-state index in [-0.39, 0.29) is 11.5 Å². The largest absolute Gasteiger partial charge is 0.388 e. The molecule has 0 aliphatic carbocycles. The molecule has 0 aromatic heterocycles. The fraction of sp³-hybridized carbons (Fsp3) is 0.625. The topological polar surface area (TPSA) is 38.7 Å². The van der Waals surface area contributed by atoms with Crippen LogP contribution in [0.3, 0.4) is 0 Å². The van der Waals surface area contributed by atoms with Gasteiger partial charge in [-0.2, -0.15) is 0 Å². The summed E-state index contributed by atoms with van der Waals surface area (Å²) in [7, 11) is 0. The molecule has 3 rings (SSSR count). The van der Waals surface area contributed by atoms with Crippen LogP contribution >= 0.6 is 11.6 Å². The number of benzene rings is 1. The van der Waals surface area contributed by atoms with Crippen LogP contribution in [0.1, 0.15) is 37.4 Å². The summed E-state index contributed by atoms with van der Waals surface area (Å²) >= 11 is 6.20. The van der Waals surface area contributed by atoms with E-state index in [0.29, 0.717) is 11.6 Å². The van der Waals surface area contributed by atoms with Gasteiger partial charge in [-0.3, -0.25) is 0 Å². The van der Waals surface area contributed by atoms with Gasteiger partial charge in [0.05, 0.1) is 11.7 Å². The van der Waals surface area contributed by atoms with Crippen LogP contribution in [0.2, 0.25) is 5.02 Å². The molecule has 2 aliphatic heterocycles. The quantitative estimate of drug-likeness (QED) is 0.909. The summed E-state index contributed by atoms with van der Waals surface area (Å²) in [6.07, 6.45) is 3.13. The van der Waals surface area contributed by atoms with Gasteiger partial charge in [0.2, 0.25) is 0 Å². The Kier molecular flexibility index (Phi) is 4.32. The highest BCUT2D eigenvalue weighted by Crippen LogP contribution is 2.42. The third kappa shape index (κ3) is 2.86. The molecule has 110 valence electrons. The Morgan fingerprint density at radius 3 is 2.70 bits per heavy atom. The van der Waals surface area contributed by atoms with E-state index in [4.69, 9.17) is 21.1 Å². The molecule has 4 heteroatoms. The van der Waals surface area contributed by atoms with Gasteiger partial charge in [-0.15, -0.1) is 0 Å². The lowest BCUT2D eigenvalue weighted by molar-refractivity contribution is -0.159. The molecule has 0 radical (unpaired) electrons. The van der Waals surface area contributed by atoms with Crippen molar-refractivity contribution in [2.45, 2.75) is 37.4 Å². The zero-order valence-corrected chi connectivity index (χ0v) is 12.3.